The number of hydrogen-bond acceptors (Lipinski definition) is 5. The number of benzene rings is 1. The Hall–Kier alpha value is -1.60. The van der Waals surface area contributed by atoms with Gasteiger partial charge in [-0.25, -0.2) is 8.42 Å². The van der Waals surface area contributed by atoms with E-state index in [1.807, 2.05) is 0 Å². The van der Waals surface area contributed by atoms with Gasteiger partial charge in [-0.05, 0) is 48.9 Å². The summed E-state index contributed by atoms with van der Waals surface area (Å²) in [4.78, 5) is 14.6. The van der Waals surface area contributed by atoms with Gasteiger partial charge in [0.2, 0.25) is 5.91 Å². The van der Waals surface area contributed by atoms with Gasteiger partial charge in [-0.15, -0.1) is 0 Å². The van der Waals surface area contributed by atoms with E-state index in [1.54, 1.807) is 12.1 Å². The van der Waals surface area contributed by atoms with E-state index in [9.17, 15) is 13.2 Å². The quantitative estimate of drug-likeness (QED) is 0.649. The van der Waals surface area contributed by atoms with Crippen molar-refractivity contribution in [2.75, 3.05) is 39.0 Å². The molecular formula is C20H32N2O4S. The van der Waals surface area contributed by atoms with Crippen molar-refractivity contribution in [1.82, 2.24) is 10.2 Å². The first-order chi connectivity index (χ1) is 12.7. The maximum Gasteiger partial charge on any atom is 0.220 e. The standard InChI is InChI=1S/C20H32N2O4S/c1-16-13-17(2)15-22(14-16)11-10-21-20(23)5-4-12-26-18-6-8-19(9-7-18)27(3,24)25/h6-9,16-17H,4-5,10-15H2,1-3H3,(H,21,23). The zero-order valence-corrected chi connectivity index (χ0v) is 17.4. The van der Waals surface area contributed by atoms with Gasteiger partial charge in [0.15, 0.2) is 9.84 Å². The average Bonchev–Trinajstić information content (AvgIpc) is 2.57. The number of carbonyl (C=O) groups is 1. The van der Waals surface area contributed by atoms with Crippen LogP contribution in [0.1, 0.15) is 33.1 Å². The number of ether oxygens (including phenoxy) is 1. The second-order valence-corrected chi connectivity index (χ2v) is 9.77. The van der Waals surface area contributed by atoms with E-state index in [2.05, 4.69) is 24.1 Å². The smallest absolute Gasteiger partial charge is 0.220 e. The Morgan fingerprint density at radius 1 is 1.19 bits per heavy atom. The Kier molecular flexibility index (Phi) is 8.10. The van der Waals surface area contributed by atoms with E-state index in [-0.39, 0.29) is 10.8 Å². The van der Waals surface area contributed by atoms with E-state index in [0.717, 1.165) is 31.5 Å². The van der Waals surface area contributed by atoms with E-state index in [4.69, 9.17) is 4.74 Å². The molecule has 0 aliphatic carbocycles. The normalized spacial score (nSPS) is 21.0. The van der Waals surface area contributed by atoms with Crippen molar-refractivity contribution in [3.63, 3.8) is 0 Å². The summed E-state index contributed by atoms with van der Waals surface area (Å²) >= 11 is 0. The van der Waals surface area contributed by atoms with Crippen LogP contribution in [0.15, 0.2) is 29.2 Å². The Bertz CT molecular complexity index is 693. The maximum absolute atomic E-state index is 11.9. The number of likely N-dealkylation sites (tertiary alicyclic amines) is 1. The molecule has 2 rings (SSSR count). The number of amides is 1. The van der Waals surface area contributed by atoms with Crippen LogP contribution in [0.3, 0.4) is 0 Å². The van der Waals surface area contributed by atoms with Crippen molar-refractivity contribution in [3.05, 3.63) is 24.3 Å². The predicted molar refractivity (Wildman–Crippen MR) is 107 cm³/mol. The zero-order chi connectivity index (χ0) is 19.9. The predicted octanol–water partition coefficient (Wildman–Crippen LogP) is 2.34. The van der Waals surface area contributed by atoms with Gasteiger partial charge in [0.05, 0.1) is 11.5 Å². The molecule has 1 aromatic rings. The topological polar surface area (TPSA) is 75.7 Å². The summed E-state index contributed by atoms with van der Waals surface area (Å²) in [6.07, 6.45) is 3.51. The van der Waals surface area contributed by atoms with Crippen molar-refractivity contribution in [2.24, 2.45) is 11.8 Å². The van der Waals surface area contributed by atoms with Gasteiger partial charge in [0.25, 0.3) is 0 Å². The van der Waals surface area contributed by atoms with Crippen molar-refractivity contribution in [3.8, 4) is 5.75 Å². The first kappa shape index (κ1) is 21.7. The van der Waals surface area contributed by atoms with Gasteiger partial charge in [-0.3, -0.25) is 4.79 Å². The Balaban J connectivity index is 1.58. The molecule has 2 atom stereocenters. The van der Waals surface area contributed by atoms with Crippen LogP contribution in [0.4, 0.5) is 0 Å². The third-order valence-electron chi connectivity index (χ3n) is 4.76. The number of rotatable bonds is 9. The number of carbonyl (C=O) groups excluding carboxylic acids is 1. The lowest BCUT2D eigenvalue weighted by Gasteiger charge is -2.34. The molecular weight excluding hydrogens is 364 g/mol. The van der Waals surface area contributed by atoms with Crippen molar-refractivity contribution in [2.45, 2.75) is 38.0 Å². The molecule has 7 heteroatoms. The van der Waals surface area contributed by atoms with Crippen LogP contribution in [0.2, 0.25) is 0 Å². The van der Waals surface area contributed by atoms with Gasteiger partial charge >= 0.3 is 0 Å². The number of sulfone groups is 1. The highest BCUT2D eigenvalue weighted by atomic mass is 32.2. The summed E-state index contributed by atoms with van der Waals surface area (Å²) in [6, 6.07) is 6.33. The fourth-order valence-corrected chi connectivity index (χ4v) is 4.25. The lowest BCUT2D eigenvalue weighted by atomic mass is 9.92. The highest BCUT2D eigenvalue weighted by Gasteiger charge is 2.21. The van der Waals surface area contributed by atoms with Crippen LogP contribution in [0, 0.1) is 11.8 Å². The van der Waals surface area contributed by atoms with E-state index in [1.165, 1.54) is 24.8 Å². The lowest BCUT2D eigenvalue weighted by molar-refractivity contribution is -0.121. The monoisotopic (exact) mass is 396 g/mol. The number of nitrogens with one attached hydrogen (secondary N) is 1. The molecule has 1 aliphatic heterocycles. The van der Waals surface area contributed by atoms with Crippen LogP contribution < -0.4 is 10.1 Å². The van der Waals surface area contributed by atoms with Crippen molar-refractivity contribution >= 4 is 15.7 Å². The molecule has 0 bridgehead atoms. The first-order valence-corrected chi connectivity index (χ1v) is 11.5. The molecule has 1 heterocycles. The van der Waals surface area contributed by atoms with Gasteiger partial charge in [0, 0.05) is 38.9 Å². The second kappa shape index (κ2) is 10.1. The Labute approximate surface area is 163 Å². The Morgan fingerprint density at radius 2 is 1.81 bits per heavy atom. The van der Waals surface area contributed by atoms with E-state index >= 15 is 0 Å². The molecule has 0 spiro atoms. The third kappa shape index (κ3) is 7.89. The molecule has 0 radical (unpaired) electrons. The van der Waals surface area contributed by atoms with Crippen molar-refractivity contribution < 1.29 is 17.9 Å². The molecule has 0 aromatic heterocycles. The third-order valence-corrected chi connectivity index (χ3v) is 5.89. The fraction of sp³-hybridized carbons (Fsp3) is 0.650. The molecule has 1 fully saturated rings. The van der Waals surface area contributed by atoms with Crippen LogP contribution in [-0.4, -0.2) is 58.3 Å². The molecule has 0 saturated carbocycles. The molecule has 27 heavy (non-hydrogen) atoms. The van der Waals surface area contributed by atoms with Crippen LogP contribution in [0.5, 0.6) is 5.75 Å². The number of piperidine rings is 1. The van der Waals surface area contributed by atoms with Gasteiger partial charge in [0.1, 0.15) is 5.75 Å². The largest absolute Gasteiger partial charge is 0.494 e. The van der Waals surface area contributed by atoms with E-state index in [0.29, 0.717) is 31.7 Å². The van der Waals surface area contributed by atoms with Crippen LogP contribution in [0.25, 0.3) is 0 Å². The summed E-state index contributed by atoms with van der Waals surface area (Å²) in [5, 5.41) is 2.98. The minimum Gasteiger partial charge on any atom is -0.494 e. The molecule has 1 amide bonds. The molecule has 6 nitrogen and oxygen atoms in total. The van der Waals surface area contributed by atoms with E-state index < -0.39 is 9.84 Å². The molecule has 2 unspecified atom stereocenters. The average molecular weight is 397 g/mol. The highest BCUT2D eigenvalue weighted by molar-refractivity contribution is 7.90. The molecule has 1 N–H and O–H groups in total. The zero-order valence-electron chi connectivity index (χ0n) is 16.6. The lowest BCUT2D eigenvalue weighted by Crippen LogP contribution is -2.42. The molecule has 1 aromatic carbocycles. The van der Waals surface area contributed by atoms with Crippen LogP contribution >= 0.6 is 0 Å². The van der Waals surface area contributed by atoms with Gasteiger partial charge in [-0.2, -0.15) is 0 Å². The minimum atomic E-state index is -3.19. The molecule has 1 aliphatic rings. The SMILES string of the molecule is CC1CC(C)CN(CCNC(=O)CCCOc2ccc(S(C)(=O)=O)cc2)C1. The number of hydrogen-bond donors (Lipinski definition) is 1. The fourth-order valence-electron chi connectivity index (χ4n) is 3.62. The minimum absolute atomic E-state index is 0.0455. The molecule has 152 valence electrons. The summed E-state index contributed by atoms with van der Waals surface area (Å²) in [7, 11) is -3.19. The summed E-state index contributed by atoms with van der Waals surface area (Å²) in [6.45, 7) is 8.83. The first-order valence-electron chi connectivity index (χ1n) is 9.66. The van der Waals surface area contributed by atoms with Gasteiger partial charge < -0.3 is 15.0 Å². The maximum atomic E-state index is 11.9. The number of nitrogens with zero attached hydrogens (tertiary/aromatic N) is 1. The summed E-state index contributed by atoms with van der Waals surface area (Å²) in [5.74, 6) is 2.11. The van der Waals surface area contributed by atoms with Crippen LogP contribution in [-0.2, 0) is 14.6 Å². The Morgan fingerprint density at radius 3 is 2.41 bits per heavy atom. The second-order valence-electron chi connectivity index (χ2n) is 7.75. The highest BCUT2D eigenvalue weighted by Crippen LogP contribution is 2.20. The van der Waals surface area contributed by atoms with Gasteiger partial charge in [-0.1, -0.05) is 13.8 Å². The van der Waals surface area contributed by atoms with Crippen molar-refractivity contribution in [1.29, 1.82) is 0 Å². The summed E-state index contributed by atoms with van der Waals surface area (Å²) < 4.78 is 28.4. The summed E-state index contributed by atoms with van der Waals surface area (Å²) in [5.41, 5.74) is 0. The molecule has 1 saturated heterocycles.